The number of rotatable bonds is 2. The summed E-state index contributed by atoms with van der Waals surface area (Å²) in [6.07, 6.45) is 0. The number of H-pyrrole nitrogens is 1. The maximum atomic E-state index is 14.0. The number of pyridine rings is 1. The van der Waals surface area contributed by atoms with Gasteiger partial charge in [-0.15, -0.1) is 0 Å². The van der Waals surface area contributed by atoms with Gasteiger partial charge < -0.3 is 14.6 Å². The molecule has 0 bridgehead atoms. The van der Waals surface area contributed by atoms with Gasteiger partial charge in [-0.25, -0.2) is 8.78 Å². The molecule has 1 aliphatic heterocycles. The molecule has 9 heteroatoms. The summed E-state index contributed by atoms with van der Waals surface area (Å²) in [7, 11) is 1.56. The van der Waals surface area contributed by atoms with Crippen molar-refractivity contribution >= 4 is 39.9 Å². The van der Waals surface area contributed by atoms with Crippen LogP contribution in [-0.2, 0) is 11.3 Å². The third-order valence-corrected chi connectivity index (χ3v) is 5.73. The van der Waals surface area contributed by atoms with Gasteiger partial charge in [0, 0.05) is 23.9 Å². The summed E-state index contributed by atoms with van der Waals surface area (Å²) in [5.41, 5.74) is 0.680. The molecule has 2 heterocycles. The Labute approximate surface area is 173 Å². The highest BCUT2D eigenvalue weighted by atomic mass is 35.5. The van der Waals surface area contributed by atoms with Crippen molar-refractivity contribution in [1.29, 1.82) is 0 Å². The van der Waals surface area contributed by atoms with E-state index in [9.17, 15) is 18.4 Å². The molecule has 0 saturated carbocycles. The van der Waals surface area contributed by atoms with Gasteiger partial charge in [-0.3, -0.25) is 9.59 Å². The molecular formula is C20H14Cl2F2N2O3. The summed E-state index contributed by atoms with van der Waals surface area (Å²) in [5.74, 6) is -2.56. The van der Waals surface area contributed by atoms with E-state index in [2.05, 4.69) is 4.98 Å². The standard InChI is InChI=1S/C20H14Cl2F2N2O3/c1-26(20(28)9-2-3-12(21)13(22)4-9)17-8-29-7-16-18(17)10-5-14(23)15(24)6-11(10)19(27)25-16/h2-6,17H,7-8H2,1H3,(H,25,27). The Morgan fingerprint density at radius 3 is 2.52 bits per heavy atom. The molecule has 1 N–H and O–H groups in total. The predicted molar refractivity (Wildman–Crippen MR) is 105 cm³/mol. The molecule has 2 aromatic carbocycles. The molecule has 1 atom stereocenters. The zero-order valence-electron chi connectivity index (χ0n) is 15.1. The number of aromatic amines is 1. The second-order valence-electron chi connectivity index (χ2n) is 6.73. The normalized spacial score (nSPS) is 16.0. The van der Waals surface area contributed by atoms with Gasteiger partial charge in [-0.05, 0) is 35.7 Å². The van der Waals surface area contributed by atoms with Crippen molar-refractivity contribution in [3.63, 3.8) is 0 Å². The number of hydrogen-bond donors (Lipinski definition) is 1. The number of fused-ring (bicyclic) bond motifs is 3. The molecule has 1 aromatic heterocycles. The van der Waals surface area contributed by atoms with Gasteiger partial charge in [0.1, 0.15) is 0 Å². The number of hydrogen-bond acceptors (Lipinski definition) is 3. The van der Waals surface area contributed by atoms with Crippen LogP contribution in [0, 0.1) is 11.6 Å². The van der Waals surface area contributed by atoms with Crippen LogP contribution in [0.25, 0.3) is 10.8 Å². The fourth-order valence-corrected chi connectivity index (χ4v) is 3.82. The average Bonchev–Trinajstić information content (AvgIpc) is 2.70. The number of ether oxygens (including phenoxy) is 1. The van der Waals surface area contributed by atoms with E-state index < -0.39 is 23.2 Å². The summed E-state index contributed by atoms with van der Waals surface area (Å²) in [5, 5.41) is 0.798. The van der Waals surface area contributed by atoms with Crippen LogP contribution in [0.15, 0.2) is 35.1 Å². The van der Waals surface area contributed by atoms with Crippen molar-refractivity contribution in [2.24, 2.45) is 0 Å². The van der Waals surface area contributed by atoms with E-state index in [1.54, 1.807) is 7.05 Å². The van der Waals surface area contributed by atoms with Crippen LogP contribution in [0.5, 0.6) is 0 Å². The Hall–Kier alpha value is -2.48. The molecule has 0 aliphatic carbocycles. The van der Waals surface area contributed by atoms with Gasteiger partial charge in [0.25, 0.3) is 11.5 Å². The maximum absolute atomic E-state index is 14.0. The minimum absolute atomic E-state index is 0.00457. The smallest absolute Gasteiger partial charge is 0.256 e. The van der Waals surface area contributed by atoms with E-state index in [4.69, 9.17) is 27.9 Å². The number of carbonyl (C=O) groups is 1. The first kappa shape index (κ1) is 19.8. The number of benzene rings is 2. The fourth-order valence-electron chi connectivity index (χ4n) is 3.52. The minimum atomic E-state index is -1.12. The lowest BCUT2D eigenvalue weighted by Gasteiger charge is -2.34. The fraction of sp³-hybridized carbons (Fsp3) is 0.200. The van der Waals surface area contributed by atoms with Crippen LogP contribution in [-0.4, -0.2) is 29.4 Å². The largest absolute Gasteiger partial charge is 0.373 e. The summed E-state index contributed by atoms with van der Waals surface area (Å²) >= 11 is 11.9. The molecular weight excluding hydrogens is 425 g/mol. The highest BCUT2D eigenvalue weighted by Crippen LogP contribution is 2.34. The quantitative estimate of drug-likeness (QED) is 0.642. The number of halogens is 4. The molecule has 150 valence electrons. The molecule has 1 aliphatic rings. The third kappa shape index (κ3) is 3.39. The van der Waals surface area contributed by atoms with Crippen molar-refractivity contribution in [2.75, 3.05) is 13.7 Å². The van der Waals surface area contributed by atoms with E-state index >= 15 is 0 Å². The molecule has 1 amide bonds. The lowest BCUT2D eigenvalue weighted by atomic mass is 9.95. The van der Waals surface area contributed by atoms with E-state index in [-0.39, 0.29) is 34.9 Å². The Balaban J connectivity index is 1.84. The van der Waals surface area contributed by atoms with Gasteiger partial charge in [-0.2, -0.15) is 0 Å². The van der Waals surface area contributed by atoms with Crippen LogP contribution in [0.3, 0.4) is 0 Å². The van der Waals surface area contributed by atoms with Crippen LogP contribution in [0.4, 0.5) is 8.78 Å². The molecule has 1 unspecified atom stereocenters. The monoisotopic (exact) mass is 438 g/mol. The topological polar surface area (TPSA) is 62.4 Å². The van der Waals surface area contributed by atoms with Crippen LogP contribution < -0.4 is 5.56 Å². The van der Waals surface area contributed by atoms with E-state index in [1.807, 2.05) is 0 Å². The molecule has 0 saturated heterocycles. The molecule has 0 fully saturated rings. The van der Waals surface area contributed by atoms with Crippen molar-refractivity contribution in [3.05, 3.63) is 79.2 Å². The minimum Gasteiger partial charge on any atom is -0.373 e. The number of nitrogens with one attached hydrogen (secondary N) is 1. The zero-order chi connectivity index (χ0) is 20.9. The Bertz CT molecular complexity index is 1210. The van der Waals surface area contributed by atoms with Crippen molar-refractivity contribution in [3.8, 4) is 0 Å². The first-order valence-electron chi connectivity index (χ1n) is 8.61. The van der Waals surface area contributed by atoms with Crippen LogP contribution in [0.1, 0.15) is 27.7 Å². The highest BCUT2D eigenvalue weighted by Gasteiger charge is 2.31. The molecule has 0 spiro atoms. The van der Waals surface area contributed by atoms with Gasteiger partial charge >= 0.3 is 0 Å². The Kier molecular flexibility index (Phi) is 5.06. The second-order valence-corrected chi connectivity index (χ2v) is 7.55. The number of aromatic nitrogens is 1. The van der Waals surface area contributed by atoms with Gasteiger partial charge in [0.05, 0.1) is 34.7 Å². The lowest BCUT2D eigenvalue weighted by Crippen LogP contribution is -2.37. The molecule has 4 rings (SSSR count). The SMILES string of the molecule is CN(C(=O)c1ccc(Cl)c(Cl)c1)C1COCc2[nH]c(=O)c3cc(F)c(F)cc3c21. The van der Waals surface area contributed by atoms with Gasteiger partial charge in [0.15, 0.2) is 11.6 Å². The first-order valence-corrected chi connectivity index (χ1v) is 9.37. The van der Waals surface area contributed by atoms with Crippen LogP contribution in [0.2, 0.25) is 10.0 Å². The van der Waals surface area contributed by atoms with E-state index in [1.165, 1.54) is 23.1 Å². The van der Waals surface area contributed by atoms with Crippen LogP contribution >= 0.6 is 23.2 Å². The lowest BCUT2D eigenvalue weighted by molar-refractivity contribution is 0.0335. The third-order valence-electron chi connectivity index (χ3n) is 4.99. The van der Waals surface area contributed by atoms with Crippen molar-refractivity contribution in [2.45, 2.75) is 12.6 Å². The Morgan fingerprint density at radius 2 is 1.83 bits per heavy atom. The van der Waals surface area contributed by atoms with E-state index in [0.29, 0.717) is 21.8 Å². The zero-order valence-corrected chi connectivity index (χ0v) is 16.6. The summed E-state index contributed by atoms with van der Waals surface area (Å²) in [4.78, 5) is 29.4. The van der Waals surface area contributed by atoms with Gasteiger partial charge in [-0.1, -0.05) is 23.2 Å². The maximum Gasteiger partial charge on any atom is 0.256 e. The number of carbonyl (C=O) groups excluding carboxylic acids is 1. The van der Waals surface area contributed by atoms with Gasteiger partial charge in [0.2, 0.25) is 0 Å². The predicted octanol–water partition coefficient (Wildman–Crippen LogP) is 4.46. The summed E-state index contributed by atoms with van der Waals surface area (Å²) in [6.45, 7) is 0.210. The van der Waals surface area contributed by atoms with E-state index in [0.717, 1.165) is 12.1 Å². The highest BCUT2D eigenvalue weighted by molar-refractivity contribution is 6.42. The van der Waals surface area contributed by atoms with Crippen molar-refractivity contribution < 1.29 is 18.3 Å². The number of amides is 1. The molecule has 5 nitrogen and oxygen atoms in total. The Morgan fingerprint density at radius 1 is 1.14 bits per heavy atom. The number of nitrogens with zero attached hydrogens (tertiary/aromatic N) is 1. The molecule has 29 heavy (non-hydrogen) atoms. The molecule has 3 aromatic rings. The first-order chi connectivity index (χ1) is 13.8. The van der Waals surface area contributed by atoms with Crippen molar-refractivity contribution in [1.82, 2.24) is 9.88 Å². The average molecular weight is 439 g/mol. The molecule has 0 radical (unpaired) electrons. The summed E-state index contributed by atoms with van der Waals surface area (Å²) in [6, 6.07) is 5.71. The second kappa shape index (κ2) is 7.40. The number of likely N-dealkylation sites (N-methyl/N-ethyl adjacent to an activating group) is 1. The summed E-state index contributed by atoms with van der Waals surface area (Å²) < 4.78 is 33.2.